The Morgan fingerprint density at radius 2 is 1.67 bits per heavy atom. The quantitative estimate of drug-likeness (QED) is 0.452. The van der Waals surface area contributed by atoms with Crippen molar-refractivity contribution in [3.8, 4) is 17.3 Å². The second-order valence-electron chi connectivity index (χ2n) is 6.90. The normalized spacial score (nSPS) is 11.2. The highest BCUT2D eigenvalue weighted by atomic mass is 16.5. The van der Waals surface area contributed by atoms with E-state index in [0.29, 0.717) is 35.8 Å². The predicted octanol–water partition coefficient (Wildman–Crippen LogP) is 2.59. The molecule has 2 aliphatic rings. The molecule has 148 valence electrons. The topological polar surface area (TPSA) is 87.7 Å². The monoisotopic (exact) mass is 398 g/mol. The largest absolute Gasteiger partial charge is 0.497 e. The summed E-state index contributed by atoms with van der Waals surface area (Å²) in [5.74, 6) is 1.22. The number of benzene rings is 2. The van der Waals surface area contributed by atoms with Gasteiger partial charge in [-0.25, -0.2) is 19.7 Å². The Morgan fingerprint density at radius 1 is 0.900 bits per heavy atom. The molecule has 0 radical (unpaired) electrons. The molecule has 3 aromatic rings. The van der Waals surface area contributed by atoms with E-state index < -0.39 is 0 Å². The van der Waals surface area contributed by atoms with Crippen molar-refractivity contribution in [2.75, 3.05) is 7.11 Å². The molecule has 1 aromatic heterocycles. The van der Waals surface area contributed by atoms with Crippen molar-refractivity contribution in [3.63, 3.8) is 0 Å². The van der Waals surface area contributed by atoms with Gasteiger partial charge in [0, 0.05) is 0 Å². The molecule has 5 rings (SSSR count). The fourth-order valence-electron chi connectivity index (χ4n) is 3.48. The van der Waals surface area contributed by atoms with Crippen LogP contribution in [0.5, 0.6) is 5.75 Å². The molecule has 3 heterocycles. The maximum atomic E-state index is 12.6. The zero-order chi connectivity index (χ0) is 20.5. The highest BCUT2D eigenvalue weighted by molar-refractivity contribution is 5.85. The average Bonchev–Trinajstić information content (AvgIpc) is 3.24. The minimum atomic E-state index is -0.363. The fourth-order valence-corrected chi connectivity index (χ4v) is 3.48. The molecule has 0 atom stereocenters. The van der Waals surface area contributed by atoms with Crippen LogP contribution >= 0.6 is 0 Å². The van der Waals surface area contributed by atoms with E-state index in [1.54, 1.807) is 13.4 Å². The van der Waals surface area contributed by atoms with Gasteiger partial charge in [0.25, 0.3) is 0 Å². The molecule has 0 fully saturated rings. The number of aromatic nitrogens is 6. The van der Waals surface area contributed by atoms with E-state index in [1.807, 2.05) is 59.2 Å². The van der Waals surface area contributed by atoms with Crippen LogP contribution in [0.15, 0.2) is 72.0 Å². The molecule has 0 saturated carbocycles. The molecule has 0 aliphatic carbocycles. The van der Waals surface area contributed by atoms with E-state index in [-0.39, 0.29) is 5.69 Å². The van der Waals surface area contributed by atoms with E-state index in [2.05, 4.69) is 19.9 Å². The molecule has 2 aromatic carbocycles. The summed E-state index contributed by atoms with van der Waals surface area (Å²) in [5.41, 5.74) is 3.36. The molecule has 0 spiro atoms. The van der Waals surface area contributed by atoms with Crippen LogP contribution in [0.2, 0.25) is 0 Å². The molecule has 2 aliphatic heterocycles. The van der Waals surface area contributed by atoms with Gasteiger partial charge in [-0.3, -0.25) is 4.57 Å². The van der Waals surface area contributed by atoms with Crippen molar-refractivity contribution >= 4 is 11.2 Å². The number of hydrogen-bond donors (Lipinski definition) is 0. The SMILES string of the molecule is COc1ccc(Cn2c3ncnc4c(ncn4Cc4ccccc4)c-3nc2=O)cc1. The standard InChI is InChI=1S/C22H18N6O2/c1-30-17-9-7-16(8-10-17)12-28-21-19(26-22(28)29)18-20(23-13-24-21)27(14-25-18)11-15-5-3-2-4-6-15/h2-10,13-14H,11-12H2,1H3. The molecular formula is C22H18N6O2. The first-order chi connectivity index (χ1) is 14.7. The summed E-state index contributed by atoms with van der Waals surface area (Å²) in [7, 11) is 1.62. The number of imidazole rings is 2. The van der Waals surface area contributed by atoms with Crippen LogP contribution in [0.4, 0.5) is 0 Å². The number of ether oxygens (including phenoxy) is 1. The molecular weight excluding hydrogens is 380 g/mol. The second kappa shape index (κ2) is 7.40. The number of rotatable bonds is 5. The molecule has 8 nitrogen and oxygen atoms in total. The van der Waals surface area contributed by atoms with Crippen LogP contribution in [0.25, 0.3) is 22.7 Å². The van der Waals surface area contributed by atoms with Gasteiger partial charge in [0.05, 0.1) is 26.5 Å². The molecule has 30 heavy (non-hydrogen) atoms. The lowest BCUT2D eigenvalue weighted by Gasteiger charge is -2.05. The third-order valence-corrected chi connectivity index (χ3v) is 5.00. The van der Waals surface area contributed by atoms with Gasteiger partial charge in [0.2, 0.25) is 0 Å². The van der Waals surface area contributed by atoms with Crippen molar-refractivity contribution in [1.82, 2.24) is 29.1 Å². The van der Waals surface area contributed by atoms with Gasteiger partial charge in [0.1, 0.15) is 23.3 Å². The van der Waals surface area contributed by atoms with Crippen molar-refractivity contribution in [1.29, 1.82) is 0 Å². The van der Waals surface area contributed by atoms with E-state index in [0.717, 1.165) is 16.9 Å². The van der Waals surface area contributed by atoms with Crippen LogP contribution in [0.3, 0.4) is 0 Å². The number of methoxy groups -OCH3 is 1. The van der Waals surface area contributed by atoms with Gasteiger partial charge in [-0.1, -0.05) is 42.5 Å². The zero-order valence-electron chi connectivity index (χ0n) is 16.3. The smallest absolute Gasteiger partial charge is 0.350 e. The first kappa shape index (κ1) is 18.0. The Labute approximate surface area is 171 Å². The van der Waals surface area contributed by atoms with Crippen LogP contribution in [-0.4, -0.2) is 36.2 Å². The van der Waals surface area contributed by atoms with Crippen molar-refractivity contribution in [2.45, 2.75) is 13.1 Å². The Hall–Kier alpha value is -4.07. The van der Waals surface area contributed by atoms with E-state index >= 15 is 0 Å². The third-order valence-electron chi connectivity index (χ3n) is 5.00. The van der Waals surface area contributed by atoms with Crippen molar-refractivity contribution in [3.05, 3.63) is 88.9 Å². The lowest BCUT2D eigenvalue weighted by molar-refractivity contribution is 0.414. The molecule has 0 bridgehead atoms. The third kappa shape index (κ3) is 3.18. The Kier molecular flexibility index (Phi) is 4.44. The molecule has 0 N–H and O–H groups in total. The van der Waals surface area contributed by atoms with Crippen molar-refractivity contribution in [2.24, 2.45) is 0 Å². The summed E-state index contributed by atoms with van der Waals surface area (Å²) in [6, 6.07) is 17.6. The van der Waals surface area contributed by atoms with E-state index in [1.165, 1.54) is 10.9 Å². The number of hydrogen-bond acceptors (Lipinski definition) is 6. The average molecular weight is 398 g/mol. The second-order valence-corrected chi connectivity index (χ2v) is 6.90. The summed E-state index contributed by atoms with van der Waals surface area (Å²) in [6.07, 6.45) is 3.18. The summed E-state index contributed by atoms with van der Waals surface area (Å²) >= 11 is 0. The molecule has 0 amide bonds. The van der Waals surface area contributed by atoms with Gasteiger partial charge >= 0.3 is 5.69 Å². The van der Waals surface area contributed by atoms with Gasteiger partial charge < -0.3 is 9.30 Å². The van der Waals surface area contributed by atoms with Gasteiger partial charge in [-0.15, -0.1) is 0 Å². The molecule has 8 heteroatoms. The molecule has 0 saturated heterocycles. The van der Waals surface area contributed by atoms with Crippen molar-refractivity contribution < 1.29 is 4.74 Å². The molecule has 0 unspecified atom stereocenters. The summed E-state index contributed by atoms with van der Waals surface area (Å²) in [6.45, 7) is 0.967. The van der Waals surface area contributed by atoms with Crippen LogP contribution < -0.4 is 10.4 Å². The lowest BCUT2D eigenvalue weighted by Crippen LogP contribution is -2.17. The summed E-state index contributed by atoms with van der Waals surface area (Å²) in [5, 5.41) is 0. The van der Waals surface area contributed by atoms with Gasteiger partial charge in [-0.05, 0) is 23.3 Å². The maximum Gasteiger partial charge on any atom is 0.350 e. The van der Waals surface area contributed by atoms with E-state index in [4.69, 9.17) is 4.74 Å². The lowest BCUT2D eigenvalue weighted by atomic mass is 10.2. The Balaban J connectivity index is 1.55. The number of fused-ring (bicyclic) bond motifs is 3. The zero-order valence-corrected chi connectivity index (χ0v) is 16.3. The van der Waals surface area contributed by atoms with Gasteiger partial charge in [0.15, 0.2) is 11.5 Å². The Morgan fingerprint density at radius 3 is 2.43 bits per heavy atom. The maximum absolute atomic E-state index is 12.6. The first-order valence-corrected chi connectivity index (χ1v) is 9.46. The predicted molar refractivity (Wildman–Crippen MR) is 112 cm³/mol. The van der Waals surface area contributed by atoms with E-state index in [9.17, 15) is 4.79 Å². The highest BCUT2D eigenvalue weighted by Gasteiger charge is 2.21. The van der Waals surface area contributed by atoms with Crippen LogP contribution in [0, 0.1) is 0 Å². The van der Waals surface area contributed by atoms with Crippen LogP contribution in [0.1, 0.15) is 11.1 Å². The first-order valence-electron chi connectivity index (χ1n) is 9.46. The minimum absolute atomic E-state index is 0.350. The highest BCUT2D eigenvalue weighted by Crippen LogP contribution is 2.24. The fraction of sp³-hybridized carbons (Fsp3) is 0.136. The summed E-state index contributed by atoms with van der Waals surface area (Å²) < 4.78 is 8.66. The van der Waals surface area contributed by atoms with Gasteiger partial charge in [-0.2, -0.15) is 4.98 Å². The minimum Gasteiger partial charge on any atom is -0.497 e. The number of nitrogens with zero attached hydrogens (tertiary/aromatic N) is 6. The summed E-state index contributed by atoms with van der Waals surface area (Å²) in [4.78, 5) is 30.2. The Bertz CT molecular complexity index is 1340. The van der Waals surface area contributed by atoms with Crippen LogP contribution in [-0.2, 0) is 13.1 Å².